The second kappa shape index (κ2) is 8.65. The summed E-state index contributed by atoms with van der Waals surface area (Å²) >= 11 is 0. The summed E-state index contributed by atoms with van der Waals surface area (Å²) in [7, 11) is 1.81. The fourth-order valence-electron chi connectivity index (χ4n) is 5.24. The molecule has 9 nitrogen and oxygen atoms in total. The summed E-state index contributed by atoms with van der Waals surface area (Å²) in [5.41, 5.74) is 9.53. The fourth-order valence-corrected chi connectivity index (χ4v) is 5.24. The zero-order chi connectivity index (χ0) is 26.7. The third-order valence-electron chi connectivity index (χ3n) is 6.83. The van der Waals surface area contributed by atoms with Crippen molar-refractivity contribution in [2.45, 2.75) is 51.2 Å². The van der Waals surface area contributed by atoms with Crippen molar-refractivity contribution in [1.29, 1.82) is 0 Å². The Morgan fingerprint density at radius 3 is 2.62 bits per heavy atom. The maximum absolute atomic E-state index is 13.8. The molecule has 1 amide bonds. The minimum atomic E-state index is -1.03. The number of hydrogen-bond acceptors (Lipinski definition) is 6. The molecule has 0 saturated carbocycles. The molecule has 2 aliphatic rings. The van der Waals surface area contributed by atoms with Crippen LogP contribution in [0, 0.1) is 5.82 Å². The molecule has 3 heterocycles. The minimum absolute atomic E-state index is 0.231. The molecule has 3 N–H and O–H groups in total. The number of nitrogens with zero attached hydrogens (tertiary/aromatic N) is 4. The predicted molar refractivity (Wildman–Crippen MR) is 135 cm³/mol. The number of aryl methyl sites for hydroxylation is 1. The number of aromatic nitrogens is 3. The Labute approximate surface area is 214 Å². The molecule has 5 rings (SSSR count). The lowest BCUT2D eigenvalue weighted by atomic mass is 9.84. The molecule has 0 bridgehead atoms. The van der Waals surface area contributed by atoms with Crippen molar-refractivity contribution in [3.8, 4) is 22.8 Å². The average Bonchev–Trinajstić information content (AvgIpc) is 3.07. The summed E-state index contributed by atoms with van der Waals surface area (Å²) in [6.45, 7) is 5.93. The first-order chi connectivity index (χ1) is 17.3. The highest BCUT2D eigenvalue weighted by molar-refractivity contribution is 5.94. The van der Waals surface area contributed by atoms with Crippen LogP contribution in [0.1, 0.15) is 48.0 Å². The first-order valence-corrected chi connectivity index (χ1v) is 12.2. The van der Waals surface area contributed by atoms with E-state index in [4.69, 9.17) is 15.5 Å². The van der Waals surface area contributed by atoms with Crippen LogP contribution in [0.15, 0.2) is 30.5 Å². The largest absolute Gasteiger partial charge is 0.478 e. The number of carbonyl (C=O) groups excluding carboxylic acids is 1. The standard InChI is InChI=1S/C27H30FN5O4/c1-26(2,3)37-25(36)33-13-27(29,14-33)11-19-20(24(34)35)18-9-8-16-12-30-23(15-6-5-7-17(28)10-15)31-21(16)22(18)32(19)4/h5-7,10,12H,8-9,11,13-14,29H2,1-4H3,(H,34,35). The maximum atomic E-state index is 13.8. The molecule has 37 heavy (non-hydrogen) atoms. The van der Waals surface area contributed by atoms with Gasteiger partial charge < -0.3 is 25.0 Å². The Bertz CT molecular complexity index is 1420. The molecular formula is C27H30FN5O4. The van der Waals surface area contributed by atoms with Gasteiger partial charge in [-0.1, -0.05) is 12.1 Å². The number of amides is 1. The summed E-state index contributed by atoms with van der Waals surface area (Å²) in [4.78, 5) is 35.6. The van der Waals surface area contributed by atoms with Crippen LogP contribution in [0.25, 0.3) is 22.8 Å². The van der Waals surface area contributed by atoms with Crippen molar-refractivity contribution in [1.82, 2.24) is 19.4 Å². The number of benzene rings is 1. The van der Waals surface area contributed by atoms with Crippen molar-refractivity contribution in [3.63, 3.8) is 0 Å². The molecule has 10 heteroatoms. The van der Waals surface area contributed by atoms with Crippen LogP contribution in [0.5, 0.6) is 0 Å². The van der Waals surface area contributed by atoms with Gasteiger partial charge in [0.05, 0.1) is 22.5 Å². The molecule has 1 fully saturated rings. The Kier molecular flexibility index (Phi) is 5.82. The lowest BCUT2D eigenvalue weighted by Crippen LogP contribution is -2.70. The lowest BCUT2D eigenvalue weighted by molar-refractivity contribution is -0.00824. The van der Waals surface area contributed by atoms with E-state index in [1.165, 1.54) is 17.0 Å². The number of rotatable bonds is 4. The van der Waals surface area contributed by atoms with Crippen LogP contribution in [0.3, 0.4) is 0 Å². The Balaban J connectivity index is 1.50. The van der Waals surface area contributed by atoms with Crippen LogP contribution in [0.4, 0.5) is 9.18 Å². The van der Waals surface area contributed by atoms with Crippen LogP contribution < -0.4 is 5.73 Å². The normalized spacial score (nSPS) is 16.0. The number of halogens is 1. The van der Waals surface area contributed by atoms with Crippen molar-refractivity contribution in [2.75, 3.05) is 13.1 Å². The highest BCUT2D eigenvalue weighted by Crippen LogP contribution is 2.39. The SMILES string of the molecule is Cn1c(CC2(N)CN(C(=O)OC(C)(C)C)C2)c(C(=O)O)c2c1-c1nc(-c3cccc(F)c3)ncc1CC2. The number of aromatic carboxylic acids is 1. The van der Waals surface area contributed by atoms with E-state index in [1.807, 2.05) is 11.6 Å². The van der Waals surface area contributed by atoms with Gasteiger partial charge in [-0.15, -0.1) is 0 Å². The summed E-state index contributed by atoms with van der Waals surface area (Å²) in [6.07, 6.45) is 2.69. The minimum Gasteiger partial charge on any atom is -0.478 e. The zero-order valence-corrected chi connectivity index (χ0v) is 21.3. The van der Waals surface area contributed by atoms with E-state index < -0.39 is 23.2 Å². The van der Waals surface area contributed by atoms with Crippen molar-refractivity contribution >= 4 is 12.1 Å². The summed E-state index contributed by atoms with van der Waals surface area (Å²) in [5, 5.41) is 10.2. The molecule has 194 valence electrons. The van der Waals surface area contributed by atoms with Crippen LogP contribution >= 0.6 is 0 Å². The van der Waals surface area contributed by atoms with E-state index in [1.54, 1.807) is 39.1 Å². The van der Waals surface area contributed by atoms with Crippen LogP contribution in [-0.2, 0) is 31.0 Å². The molecule has 0 spiro atoms. The quantitative estimate of drug-likeness (QED) is 0.553. The van der Waals surface area contributed by atoms with Crippen LogP contribution in [0.2, 0.25) is 0 Å². The van der Waals surface area contributed by atoms with Gasteiger partial charge in [0.15, 0.2) is 5.82 Å². The first-order valence-electron chi connectivity index (χ1n) is 12.2. The summed E-state index contributed by atoms with van der Waals surface area (Å²) < 4.78 is 21.1. The van der Waals surface area contributed by atoms with Gasteiger partial charge >= 0.3 is 12.1 Å². The smallest absolute Gasteiger partial charge is 0.410 e. The lowest BCUT2D eigenvalue weighted by Gasteiger charge is -2.47. The van der Waals surface area contributed by atoms with Gasteiger partial charge in [-0.25, -0.2) is 23.9 Å². The van der Waals surface area contributed by atoms with E-state index in [2.05, 4.69) is 4.98 Å². The number of likely N-dealkylation sites (tertiary alicyclic amines) is 1. The molecule has 0 unspecified atom stereocenters. The van der Waals surface area contributed by atoms with E-state index >= 15 is 0 Å². The van der Waals surface area contributed by atoms with E-state index in [9.17, 15) is 19.1 Å². The highest BCUT2D eigenvalue weighted by Gasteiger charge is 2.45. The zero-order valence-electron chi connectivity index (χ0n) is 21.3. The molecule has 1 aliphatic heterocycles. The number of fused-ring (bicyclic) bond motifs is 3. The Hall–Kier alpha value is -3.79. The number of carbonyl (C=O) groups is 2. The first kappa shape index (κ1) is 24.9. The number of nitrogens with two attached hydrogens (primary N) is 1. The molecule has 0 atom stereocenters. The molecule has 1 aromatic carbocycles. The molecule has 0 radical (unpaired) electrons. The number of carboxylic acid groups (broad SMARTS) is 1. The highest BCUT2D eigenvalue weighted by atomic mass is 19.1. The Morgan fingerprint density at radius 1 is 1.24 bits per heavy atom. The van der Waals surface area contributed by atoms with E-state index in [0.29, 0.717) is 46.9 Å². The number of hydrogen-bond donors (Lipinski definition) is 2. The van der Waals surface area contributed by atoms with Gasteiger partial charge in [-0.2, -0.15) is 0 Å². The van der Waals surface area contributed by atoms with Crippen molar-refractivity contribution in [3.05, 3.63) is 58.7 Å². The second-order valence-electron chi connectivity index (χ2n) is 11.0. The van der Waals surface area contributed by atoms with Crippen molar-refractivity contribution < 1.29 is 23.8 Å². The molecule has 1 aliphatic carbocycles. The average molecular weight is 508 g/mol. The van der Waals surface area contributed by atoms with Gasteiger partial charge in [0.25, 0.3) is 0 Å². The summed E-state index contributed by atoms with van der Waals surface area (Å²) in [5.74, 6) is -1.04. The van der Waals surface area contributed by atoms with Crippen molar-refractivity contribution in [2.24, 2.45) is 12.8 Å². The predicted octanol–water partition coefficient (Wildman–Crippen LogP) is 3.58. The van der Waals surface area contributed by atoms with Gasteiger partial charge in [-0.3, -0.25) is 0 Å². The molecule has 3 aromatic rings. The van der Waals surface area contributed by atoms with Crippen LogP contribution in [-0.4, -0.2) is 60.8 Å². The summed E-state index contributed by atoms with van der Waals surface area (Å²) in [6, 6.07) is 6.06. The third-order valence-corrected chi connectivity index (χ3v) is 6.83. The molecule has 1 saturated heterocycles. The van der Waals surface area contributed by atoms with Gasteiger partial charge in [0.2, 0.25) is 0 Å². The monoisotopic (exact) mass is 507 g/mol. The molecule has 2 aromatic heterocycles. The second-order valence-corrected chi connectivity index (χ2v) is 11.0. The Morgan fingerprint density at radius 2 is 1.97 bits per heavy atom. The third kappa shape index (κ3) is 4.57. The molecular weight excluding hydrogens is 477 g/mol. The van der Waals surface area contributed by atoms with Gasteiger partial charge in [0.1, 0.15) is 11.4 Å². The maximum Gasteiger partial charge on any atom is 0.410 e. The fraction of sp³-hybridized carbons (Fsp3) is 0.407. The van der Waals surface area contributed by atoms with E-state index in [-0.39, 0.29) is 30.9 Å². The number of carboxylic acids is 1. The topological polar surface area (TPSA) is 124 Å². The number of ether oxygens (including phenoxy) is 1. The van der Waals surface area contributed by atoms with Gasteiger partial charge in [0, 0.05) is 44.0 Å². The van der Waals surface area contributed by atoms with Gasteiger partial charge in [-0.05, 0) is 56.9 Å². The van der Waals surface area contributed by atoms with E-state index in [0.717, 1.165) is 5.56 Å².